The molecule has 5 aromatic rings. The third-order valence-electron chi connectivity index (χ3n) is 9.77. The van der Waals surface area contributed by atoms with Crippen molar-refractivity contribution in [3.8, 4) is 11.1 Å². The molecule has 1 aromatic heterocycles. The standard InChI is InChI=1S/C42H38N8O7/c43-38(53)31-22-47-32-15-14-26(20-30(32)37(31)48-28-7-2-1-3-8-28)24-10-12-25(13-11-24)39(54)46-19-5-18-45-35(52)23-44-21-27-6-4-9-29-36(27)42(57)50(41(29)56)33-16-17-34(51)49-40(33)55/h1-4,6-15,20,22,33,44H,5,16-19,21,23H2,(H2,43,53)(H,45,52)(H,46,54)(H,47,48)(H,49,51,55). The Bertz CT molecular complexity index is 2440. The molecule has 57 heavy (non-hydrogen) atoms. The van der Waals surface area contributed by atoms with E-state index in [0.29, 0.717) is 47.2 Å². The molecule has 1 unspecified atom stereocenters. The molecule has 288 valence electrons. The fraction of sp³-hybridized carbons (Fsp3) is 0.190. The van der Waals surface area contributed by atoms with Gasteiger partial charge in [-0.15, -0.1) is 0 Å². The molecule has 15 nitrogen and oxygen atoms in total. The molecule has 7 amide bonds. The summed E-state index contributed by atoms with van der Waals surface area (Å²) in [6.07, 6.45) is 2.03. The van der Waals surface area contributed by atoms with Crippen LogP contribution in [0.25, 0.3) is 22.0 Å². The number of fused-ring (bicyclic) bond motifs is 2. The lowest BCUT2D eigenvalue weighted by atomic mass is 9.99. The Morgan fingerprint density at radius 1 is 0.842 bits per heavy atom. The van der Waals surface area contributed by atoms with Crippen LogP contribution in [0.3, 0.4) is 0 Å². The number of pyridine rings is 1. The van der Waals surface area contributed by atoms with E-state index in [0.717, 1.165) is 21.7 Å². The van der Waals surface area contributed by atoms with Gasteiger partial charge in [0.25, 0.3) is 23.6 Å². The SMILES string of the molecule is NC(=O)c1cnc2ccc(-c3ccc(C(=O)NCCCNC(=O)CNCc4cccc5c4C(=O)N(C4CCC(=O)NC4=O)C5=O)cc3)cc2c1Nc1ccccc1. The summed E-state index contributed by atoms with van der Waals surface area (Å²) in [4.78, 5) is 93.3. The number of aromatic nitrogens is 1. The monoisotopic (exact) mass is 766 g/mol. The molecule has 15 heteroatoms. The predicted molar refractivity (Wildman–Crippen MR) is 210 cm³/mol. The summed E-state index contributed by atoms with van der Waals surface area (Å²) in [5.74, 6) is -3.50. The van der Waals surface area contributed by atoms with Crippen molar-refractivity contribution in [2.75, 3.05) is 25.0 Å². The van der Waals surface area contributed by atoms with Crippen LogP contribution in [0, 0.1) is 0 Å². The van der Waals surface area contributed by atoms with Crippen LogP contribution in [-0.2, 0) is 20.9 Å². The molecule has 2 aliphatic heterocycles. The van der Waals surface area contributed by atoms with E-state index in [-0.39, 0.29) is 54.4 Å². The Kier molecular flexibility index (Phi) is 11.1. The topological polar surface area (TPSA) is 222 Å². The molecular formula is C42H38N8O7. The minimum atomic E-state index is -1.06. The Morgan fingerprint density at radius 3 is 2.35 bits per heavy atom. The number of hydrogen-bond acceptors (Lipinski definition) is 10. The number of imide groups is 2. The number of benzene rings is 4. The van der Waals surface area contributed by atoms with Crippen LogP contribution in [-0.4, -0.2) is 76.9 Å². The summed E-state index contributed by atoms with van der Waals surface area (Å²) in [5, 5.41) is 14.8. The van der Waals surface area contributed by atoms with Crippen molar-refractivity contribution in [3.63, 3.8) is 0 Å². The largest absolute Gasteiger partial charge is 0.365 e. The molecule has 1 saturated heterocycles. The molecule has 7 rings (SSSR count). The molecule has 1 atom stereocenters. The number of nitrogens with two attached hydrogens (primary N) is 1. The van der Waals surface area contributed by atoms with E-state index in [1.165, 1.54) is 12.3 Å². The van der Waals surface area contributed by atoms with Gasteiger partial charge in [-0.2, -0.15) is 0 Å². The third-order valence-corrected chi connectivity index (χ3v) is 9.77. The van der Waals surface area contributed by atoms with Crippen LogP contribution in [0.4, 0.5) is 11.4 Å². The van der Waals surface area contributed by atoms with E-state index in [1.807, 2.05) is 60.7 Å². The van der Waals surface area contributed by atoms with Crippen LogP contribution in [0.5, 0.6) is 0 Å². The number of nitrogens with one attached hydrogen (secondary N) is 5. The van der Waals surface area contributed by atoms with Crippen LogP contribution < -0.4 is 32.3 Å². The number of para-hydroxylation sites is 1. The highest BCUT2D eigenvalue weighted by Crippen LogP contribution is 2.33. The van der Waals surface area contributed by atoms with Gasteiger partial charge in [0.2, 0.25) is 17.7 Å². The average molecular weight is 767 g/mol. The summed E-state index contributed by atoms with van der Waals surface area (Å²) >= 11 is 0. The molecular weight excluding hydrogens is 729 g/mol. The number of primary amides is 1. The van der Waals surface area contributed by atoms with Gasteiger partial charge in [0.15, 0.2) is 0 Å². The fourth-order valence-corrected chi connectivity index (χ4v) is 6.90. The lowest BCUT2D eigenvalue weighted by Crippen LogP contribution is -2.54. The Morgan fingerprint density at radius 2 is 1.60 bits per heavy atom. The summed E-state index contributed by atoms with van der Waals surface area (Å²) < 4.78 is 0. The molecule has 0 aliphatic carbocycles. The van der Waals surface area contributed by atoms with Crippen LogP contribution in [0.2, 0.25) is 0 Å². The van der Waals surface area contributed by atoms with Gasteiger partial charge in [0.1, 0.15) is 6.04 Å². The first kappa shape index (κ1) is 38.0. The highest BCUT2D eigenvalue weighted by atomic mass is 16.2. The van der Waals surface area contributed by atoms with Crippen LogP contribution in [0.15, 0.2) is 97.2 Å². The van der Waals surface area contributed by atoms with Crippen LogP contribution in [0.1, 0.15) is 66.3 Å². The quantitative estimate of drug-likeness (QED) is 0.0716. The average Bonchev–Trinajstić information content (AvgIpc) is 3.47. The maximum Gasteiger partial charge on any atom is 0.262 e. The second kappa shape index (κ2) is 16.6. The van der Waals surface area contributed by atoms with E-state index in [9.17, 15) is 33.6 Å². The van der Waals surface area contributed by atoms with E-state index in [4.69, 9.17) is 5.73 Å². The number of rotatable bonds is 14. The van der Waals surface area contributed by atoms with Gasteiger partial charge in [-0.05, 0) is 72.0 Å². The summed E-state index contributed by atoms with van der Waals surface area (Å²) in [6.45, 7) is 0.686. The van der Waals surface area contributed by atoms with Crippen LogP contribution >= 0.6 is 0 Å². The molecule has 0 radical (unpaired) electrons. The number of nitrogens with zero attached hydrogens (tertiary/aromatic N) is 2. The van der Waals surface area contributed by atoms with Gasteiger partial charge in [-0.1, -0.05) is 48.5 Å². The van der Waals surface area contributed by atoms with Crippen molar-refractivity contribution in [2.45, 2.75) is 31.8 Å². The van der Waals surface area contributed by atoms with Crippen molar-refractivity contribution in [1.82, 2.24) is 31.2 Å². The van der Waals surface area contributed by atoms with Crippen molar-refractivity contribution >= 4 is 63.6 Å². The van der Waals surface area contributed by atoms with Crippen molar-refractivity contribution < 1.29 is 33.6 Å². The highest BCUT2D eigenvalue weighted by Gasteiger charge is 2.45. The van der Waals surface area contributed by atoms with E-state index >= 15 is 0 Å². The summed E-state index contributed by atoms with van der Waals surface area (Å²) in [5.41, 5.74) is 11.0. The molecule has 3 heterocycles. The van der Waals surface area contributed by atoms with Gasteiger partial charge in [0, 0.05) is 48.9 Å². The number of anilines is 2. The second-order valence-electron chi connectivity index (χ2n) is 13.6. The predicted octanol–water partition coefficient (Wildman–Crippen LogP) is 3.17. The fourth-order valence-electron chi connectivity index (χ4n) is 6.90. The molecule has 0 spiro atoms. The molecule has 2 aliphatic rings. The Hall–Kier alpha value is -7.26. The normalized spacial score (nSPS) is 14.9. The summed E-state index contributed by atoms with van der Waals surface area (Å²) in [7, 11) is 0. The molecule has 0 saturated carbocycles. The van der Waals surface area contributed by atoms with Gasteiger partial charge < -0.3 is 27.0 Å². The molecule has 7 N–H and O–H groups in total. The van der Waals surface area contributed by atoms with Gasteiger partial charge in [-0.25, -0.2) is 0 Å². The van der Waals surface area contributed by atoms with Gasteiger partial charge in [-0.3, -0.25) is 48.8 Å². The van der Waals surface area contributed by atoms with Crippen molar-refractivity contribution in [2.24, 2.45) is 5.73 Å². The lowest BCUT2D eigenvalue weighted by Gasteiger charge is -2.27. The van der Waals surface area contributed by atoms with Crippen molar-refractivity contribution in [1.29, 1.82) is 0 Å². The third kappa shape index (κ3) is 8.23. The van der Waals surface area contributed by atoms with E-state index in [1.54, 1.807) is 24.3 Å². The maximum absolute atomic E-state index is 13.3. The zero-order chi connectivity index (χ0) is 40.1. The minimum Gasteiger partial charge on any atom is -0.365 e. The lowest BCUT2D eigenvalue weighted by molar-refractivity contribution is -0.136. The number of carbonyl (C=O) groups excluding carboxylic acids is 7. The summed E-state index contributed by atoms with van der Waals surface area (Å²) in [6, 6.07) is 26.0. The first-order valence-electron chi connectivity index (χ1n) is 18.3. The number of carbonyl (C=O) groups is 7. The van der Waals surface area contributed by atoms with Gasteiger partial charge >= 0.3 is 0 Å². The highest BCUT2D eigenvalue weighted by molar-refractivity contribution is 6.24. The smallest absolute Gasteiger partial charge is 0.262 e. The maximum atomic E-state index is 13.3. The zero-order valence-electron chi connectivity index (χ0n) is 30.6. The number of hydrogen-bond donors (Lipinski definition) is 6. The first-order valence-corrected chi connectivity index (χ1v) is 18.3. The van der Waals surface area contributed by atoms with Crippen molar-refractivity contribution in [3.05, 3.63) is 125 Å². The molecule has 1 fully saturated rings. The van der Waals surface area contributed by atoms with E-state index in [2.05, 4.69) is 31.6 Å². The molecule has 4 aromatic carbocycles. The first-order chi connectivity index (χ1) is 27.6. The minimum absolute atomic E-state index is 0.0269. The van der Waals surface area contributed by atoms with E-state index < -0.39 is 35.6 Å². The number of piperidine rings is 1. The zero-order valence-corrected chi connectivity index (χ0v) is 30.6. The second-order valence-corrected chi connectivity index (χ2v) is 13.6. The molecule has 0 bridgehead atoms. The Labute approximate surface area is 326 Å². The van der Waals surface area contributed by atoms with Gasteiger partial charge in [0.05, 0.1) is 34.4 Å². The Balaban J connectivity index is 0.874. The number of amides is 7.